The normalized spacial score (nSPS) is 18.5. The summed E-state index contributed by atoms with van der Waals surface area (Å²) in [6.45, 7) is 0. The van der Waals surface area contributed by atoms with Crippen molar-refractivity contribution >= 4 is 22.4 Å². The minimum atomic E-state index is -0.243. The summed E-state index contributed by atoms with van der Waals surface area (Å²) in [5.74, 6) is -0.0915. The maximum atomic E-state index is 13.4. The Hall–Kier alpha value is -3.33. The molecule has 1 aliphatic heterocycles. The van der Waals surface area contributed by atoms with Gasteiger partial charge in [0.25, 0.3) is 0 Å². The summed E-state index contributed by atoms with van der Waals surface area (Å²) in [7, 11) is 0. The molecule has 0 bridgehead atoms. The fraction of sp³-hybridized carbons (Fsp3) is 0.0870. The van der Waals surface area contributed by atoms with Gasteiger partial charge in [-0.05, 0) is 17.7 Å². The standard InChI is InChI=1S/C23H18N2O/c26-23(15-8-2-1-3-9-15)21-17-11-5-7-13-20(17)25-22(21)18-14-24-19-12-6-4-10-16(18)19/h1-14,21-22,24-25H. The van der Waals surface area contributed by atoms with Crippen LogP contribution >= 0.6 is 0 Å². The van der Waals surface area contributed by atoms with Crippen LogP contribution < -0.4 is 5.32 Å². The molecular weight excluding hydrogens is 320 g/mol. The van der Waals surface area contributed by atoms with Gasteiger partial charge in [-0.2, -0.15) is 0 Å². The van der Waals surface area contributed by atoms with Crippen LogP contribution in [0.1, 0.15) is 33.4 Å². The summed E-state index contributed by atoms with van der Waals surface area (Å²) in [6, 6.07) is 25.8. The van der Waals surface area contributed by atoms with Crippen LogP contribution in [0.3, 0.4) is 0 Å². The number of para-hydroxylation sites is 2. The highest BCUT2D eigenvalue weighted by molar-refractivity contribution is 6.04. The van der Waals surface area contributed by atoms with Crippen molar-refractivity contribution in [3.05, 3.63) is 102 Å². The van der Waals surface area contributed by atoms with E-state index >= 15 is 0 Å². The van der Waals surface area contributed by atoms with E-state index in [9.17, 15) is 4.79 Å². The molecule has 2 N–H and O–H groups in total. The second-order valence-electron chi connectivity index (χ2n) is 6.71. The van der Waals surface area contributed by atoms with Crippen molar-refractivity contribution in [2.24, 2.45) is 0 Å². The zero-order valence-corrected chi connectivity index (χ0v) is 14.1. The van der Waals surface area contributed by atoms with E-state index in [1.54, 1.807) is 0 Å². The van der Waals surface area contributed by atoms with Crippen molar-refractivity contribution in [2.45, 2.75) is 12.0 Å². The third-order valence-corrected chi connectivity index (χ3v) is 5.24. The number of carbonyl (C=O) groups excluding carboxylic acids is 1. The molecule has 26 heavy (non-hydrogen) atoms. The number of hydrogen-bond donors (Lipinski definition) is 2. The van der Waals surface area contributed by atoms with Gasteiger partial charge in [0.2, 0.25) is 0 Å². The van der Waals surface area contributed by atoms with E-state index in [0.29, 0.717) is 0 Å². The van der Waals surface area contributed by atoms with E-state index in [0.717, 1.165) is 33.3 Å². The highest BCUT2D eigenvalue weighted by atomic mass is 16.1. The molecule has 3 nitrogen and oxygen atoms in total. The first-order valence-corrected chi connectivity index (χ1v) is 8.83. The first-order chi connectivity index (χ1) is 12.8. The molecule has 0 amide bonds. The molecular formula is C23H18N2O. The Morgan fingerprint density at radius 1 is 0.769 bits per heavy atom. The van der Waals surface area contributed by atoms with Crippen LogP contribution in [-0.2, 0) is 0 Å². The fourth-order valence-electron chi connectivity index (χ4n) is 4.01. The van der Waals surface area contributed by atoms with E-state index in [2.05, 4.69) is 34.6 Å². The lowest BCUT2D eigenvalue weighted by molar-refractivity contribution is 0.0954. The second kappa shape index (κ2) is 5.88. The van der Waals surface area contributed by atoms with Gasteiger partial charge in [0.15, 0.2) is 5.78 Å². The predicted octanol–water partition coefficient (Wildman–Crippen LogP) is 5.30. The zero-order valence-electron chi connectivity index (χ0n) is 14.1. The highest BCUT2D eigenvalue weighted by Crippen LogP contribution is 2.47. The molecule has 1 aliphatic rings. The summed E-state index contributed by atoms with van der Waals surface area (Å²) in [4.78, 5) is 16.7. The van der Waals surface area contributed by atoms with Crippen molar-refractivity contribution in [1.29, 1.82) is 0 Å². The molecule has 0 saturated heterocycles. The molecule has 0 fully saturated rings. The quantitative estimate of drug-likeness (QED) is 0.498. The van der Waals surface area contributed by atoms with Gasteiger partial charge in [0, 0.05) is 33.9 Å². The SMILES string of the molecule is O=C(c1ccccc1)C1c2ccccc2NC1c1c[nH]c2ccccc12. The number of rotatable bonds is 3. The first kappa shape index (κ1) is 15.0. The molecule has 0 saturated carbocycles. The lowest BCUT2D eigenvalue weighted by atomic mass is 9.84. The number of carbonyl (C=O) groups is 1. The molecule has 5 rings (SSSR count). The van der Waals surface area contributed by atoms with E-state index in [-0.39, 0.29) is 17.7 Å². The van der Waals surface area contributed by atoms with Crippen LogP contribution in [0.15, 0.2) is 85.1 Å². The fourth-order valence-corrected chi connectivity index (χ4v) is 4.01. The van der Waals surface area contributed by atoms with Crippen LogP contribution in [0.5, 0.6) is 0 Å². The van der Waals surface area contributed by atoms with E-state index in [1.165, 1.54) is 0 Å². The Morgan fingerprint density at radius 3 is 2.38 bits per heavy atom. The third-order valence-electron chi connectivity index (χ3n) is 5.24. The Bertz CT molecular complexity index is 1100. The number of aromatic amines is 1. The lowest BCUT2D eigenvalue weighted by Gasteiger charge is -2.19. The van der Waals surface area contributed by atoms with Crippen molar-refractivity contribution in [3.8, 4) is 0 Å². The van der Waals surface area contributed by atoms with E-state index in [1.807, 2.05) is 60.8 Å². The lowest BCUT2D eigenvalue weighted by Crippen LogP contribution is -2.19. The van der Waals surface area contributed by atoms with Crippen LogP contribution in [0.4, 0.5) is 5.69 Å². The number of nitrogens with one attached hydrogen (secondary N) is 2. The summed E-state index contributed by atoms with van der Waals surface area (Å²) in [5.41, 5.74) is 5.08. The van der Waals surface area contributed by atoms with E-state index in [4.69, 9.17) is 0 Å². The Morgan fingerprint density at radius 2 is 1.50 bits per heavy atom. The van der Waals surface area contributed by atoms with Crippen molar-refractivity contribution in [2.75, 3.05) is 5.32 Å². The maximum Gasteiger partial charge on any atom is 0.172 e. The molecule has 0 radical (unpaired) electrons. The van der Waals surface area contributed by atoms with E-state index < -0.39 is 0 Å². The Balaban J connectivity index is 1.66. The number of anilines is 1. The van der Waals surface area contributed by atoms with Gasteiger partial charge in [-0.1, -0.05) is 66.7 Å². The number of ketones is 1. The average Bonchev–Trinajstić information content (AvgIpc) is 3.29. The van der Waals surface area contributed by atoms with Crippen molar-refractivity contribution in [3.63, 3.8) is 0 Å². The highest BCUT2D eigenvalue weighted by Gasteiger charge is 2.39. The van der Waals surface area contributed by atoms with Gasteiger partial charge >= 0.3 is 0 Å². The Labute approximate surface area is 151 Å². The van der Waals surface area contributed by atoms with Crippen LogP contribution in [-0.4, -0.2) is 10.8 Å². The summed E-state index contributed by atoms with van der Waals surface area (Å²) < 4.78 is 0. The number of fused-ring (bicyclic) bond motifs is 2. The number of benzene rings is 3. The first-order valence-electron chi connectivity index (χ1n) is 8.83. The molecule has 2 heterocycles. The van der Waals surface area contributed by atoms with Crippen molar-refractivity contribution in [1.82, 2.24) is 4.98 Å². The minimum absolute atomic E-state index is 0.0868. The van der Waals surface area contributed by atoms with Crippen LogP contribution in [0.2, 0.25) is 0 Å². The van der Waals surface area contributed by atoms with Crippen molar-refractivity contribution < 1.29 is 4.79 Å². The number of aromatic nitrogens is 1. The maximum absolute atomic E-state index is 13.4. The monoisotopic (exact) mass is 338 g/mol. The summed E-state index contributed by atoms with van der Waals surface area (Å²) in [6.07, 6.45) is 2.03. The summed E-state index contributed by atoms with van der Waals surface area (Å²) in [5, 5.41) is 4.75. The van der Waals surface area contributed by atoms with Gasteiger partial charge in [-0.15, -0.1) is 0 Å². The number of H-pyrrole nitrogens is 1. The molecule has 3 aromatic carbocycles. The topological polar surface area (TPSA) is 44.9 Å². The van der Waals surface area contributed by atoms with Gasteiger partial charge < -0.3 is 10.3 Å². The zero-order chi connectivity index (χ0) is 17.5. The summed E-state index contributed by atoms with van der Waals surface area (Å²) >= 11 is 0. The molecule has 2 unspecified atom stereocenters. The molecule has 3 heteroatoms. The van der Waals surface area contributed by atoms with Gasteiger partial charge in [-0.3, -0.25) is 4.79 Å². The molecule has 2 atom stereocenters. The smallest absolute Gasteiger partial charge is 0.172 e. The largest absolute Gasteiger partial charge is 0.377 e. The molecule has 0 aliphatic carbocycles. The third kappa shape index (κ3) is 2.25. The van der Waals surface area contributed by atoms with Gasteiger partial charge in [0.05, 0.1) is 12.0 Å². The minimum Gasteiger partial charge on any atom is -0.377 e. The molecule has 4 aromatic rings. The van der Waals surface area contributed by atoms with Crippen LogP contribution in [0, 0.1) is 0 Å². The van der Waals surface area contributed by atoms with Gasteiger partial charge in [0.1, 0.15) is 0 Å². The molecule has 126 valence electrons. The molecule has 0 spiro atoms. The predicted molar refractivity (Wildman–Crippen MR) is 105 cm³/mol. The number of Topliss-reactive ketones (excluding diaryl/α,β-unsaturated/α-hetero) is 1. The van der Waals surface area contributed by atoms with Gasteiger partial charge in [-0.25, -0.2) is 0 Å². The second-order valence-corrected chi connectivity index (χ2v) is 6.71. The molecule has 1 aromatic heterocycles. The van der Waals surface area contributed by atoms with Crippen LogP contribution in [0.25, 0.3) is 10.9 Å². The Kier molecular flexibility index (Phi) is 3.39. The average molecular weight is 338 g/mol. The number of hydrogen-bond acceptors (Lipinski definition) is 2.